The Morgan fingerprint density at radius 2 is 1.69 bits per heavy atom. The second-order valence-electron chi connectivity index (χ2n) is 4.43. The average molecular weight is 213 g/mol. The lowest BCUT2D eigenvalue weighted by Gasteiger charge is -2.22. The van der Waals surface area contributed by atoms with E-state index in [-0.39, 0.29) is 0 Å². The van der Waals surface area contributed by atoms with E-state index in [1.165, 1.54) is 43.7 Å². The van der Waals surface area contributed by atoms with Gasteiger partial charge in [-0.05, 0) is 43.5 Å². The minimum absolute atomic E-state index is 1.20. The fraction of sp³-hybridized carbons (Fsp3) is 0.357. The molecule has 0 atom stereocenters. The van der Waals surface area contributed by atoms with Crippen LogP contribution in [0.1, 0.15) is 19.3 Å². The van der Waals surface area contributed by atoms with E-state index in [1.807, 2.05) is 0 Å². The van der Waals surface area contributed by atoms with Crippen LogP contribution in [-0.4, -0.2) is 13.1 Å². The summed E-state index contributed by atoms with van der Waals surface area (Å²) in [6.07, 6.45) is 6.18. The van der Waals surface area contributed by atoms with Gasteiger partial charge in [-0.15, -0.1) is 0 Å². The Labute approximate surface area is 96.1 Å². The van der Waals surface area contributed by atoms with Crippen molar-refractivity contribution in [2.24, 2.45) is 0 Å². The number of anilines is 1. The van der Waals surface area contributed by atoms with E-state index >= 15 is 0 Å². The lowest BCUT2D eigenvalue weighted by atomic mass is 10.1. The van der Waals surface area contributed by atoms with E-state index in [1.54, 1.807) is 0 Å². The van der Waals surface area contributed by atoms with E-state index in [0.29, 0.717) is 0 Å². The first kappa shape index (κ1) is 9.64. The Morgan fingerprint density at radius 1 is 0.875 bits per heavy atom. The molecule has 1 aliphatic heterocycles. The number of fused-ring (bicyclic) bond motifs is 1. The third kappa shape index (κ3) is 1.64. The Balaban J connectivity index is 2.08. The van der Waals surface area contributed by atoms with Crippen LogP contribution in [0.5, 0.6) is 0 Å². The molecule has 1 aliphatic rings. The van der Waals surface area contributed by atoms with Gasteiger partial charge >= 0.3 is 0 Å². The van der Waals surface area contributed by atoms with Crippen molar-refractivity contribution in [1.29, 1.82) is 0 Å². The van der Waals surface area contributed by atoms with Gasteiger partial charge in [0.2, 0.25) is 0 Å². The summed E-state index contributed by atoms with van der Waals surface area (Å²) in [5.41, 5.74) is 1.27. The highest BCUT2D eigenvalue weighted by molar-refractivity contribution is 5.44. The molecule has 0 unspecified atom stereocenters. The van der Waals surface area contributed by atoms with Gasteiger partial charge in [0.25, 0.3) is 5.82 Å². The molecule has 16 heavy (non-hydrogen) atoms. The molecule has 3 heterocycles. The van der Waals surface area contributed by atoms with E-state index in [0.717, 1.165) is 0 Å². The van der Waals surface area contributed by atoms with Gasteiger partial charge in [-0.25, -0.2) is 4.40 Å². The molecule has 0 bridgehead atoms. The predicted octanol–water partition coefficient (Wildman–Crippen LogP) is 2.42. The molecule has 0 aliphatic carbocycles. The minimum Gasteiger partial charge on any atom is -0.261 e. The van der Waals surface area contributed by atoms with E-state index < -0.39 is 0 Å². The van der Waals surface area contributed by atoms with Crippen molar-refractivity contribution < 1.29 is 4.40 Å². The van der Waals surface area contributed by atoms with Crippen LogP contribution in [0.15, 0.2) is 42.6 Å². The monoisotopic (exact) mass is 213 g/mol. The molecule has 0 amide bonds. The topological polar surface area (TPSA) is 7.34 Å². The van der Waals surface area contributed by atoms with Gasteiger partial charge in [-0.1, -0.05) is 6.07 Å². The molecule has 2 heteroatoms. The fourth-order valence-electron chi connectivity index (χ4n) is 2.49. The van der Waals surface area contributed by atoms with Crippen LogP contribution in [0.2, 0.25) is 0 Å². The molecule has 82 valence electrons. The molecule has 2 aromatic heterocycles. The van der Waals surface area contributed by atoms with Gasteiger partial charge in [0, 0.05) is 6.07 Å². The summed E-state index contributed by atoms with van der Waals surface area (Å²) >= 11 is 0. The van der Waals surface area contributed by atoms with Crippen molar-refractivity contribution >= 4 is 11.3 Å². The third-order valence-electron chi connectivity index (χ3n) is 3.33. The number of hydrogen-bond donors (Lipinski definition) is 0. The number of hydrogen-bond acceptors (Lipinski definition) is 1. The highest BCUT2D eigenvalue weighted by Gasteiger charge is 2.20. The van der Waals surface area contributed by atoms with Crippen LogP contribution < -0.4 is 9.30 Å². The number of pyridine rings is 2. The quantitative estimate of drug-likeness (QED) is 0.660. The molecular formula is C14H17N2+. The average Bonchev–Trinajstić information content (AvgIpc) is 2.39. The van der Waals surface area contributed by atoms with Crippen molar-refractivity contribution in [2.45, 2.75) is 19.3 Å². The number of rotatable bonds is 1. The maximum absolute atomic E-state index is 2.50. The molecule has 0 radical (unpaired) electrons. The number of nitrogens with zero attached hydrogens (tertiary/aromatic N) is 2. The SMILES string of the molecule is c1cc[n+]2c(N3CCCCC3)cccc2c1. The zero-order valence-corrected chi connectivity index (χ0v) is 9.47. The molecule has 0 N–H and O–H groups in total. The van der Waals surface area contributed by atoms with Gasteiger partial charge in [-0.3, -0.25) is 4.90 Å². The fourth-order valence-corrected chi connectivity index (χ4v) is 2.49. The van der Waals surface area contributed by atoms with Crippen molar-refractivity contribution in [2.75, 3.05) is 18.0 Å². The summed E-state index contributed by atoms with van der Waals surface area (Å²) in [4.78, 5) is 2.50. The molecule has 0 saturated carbocycles. The van der Waals surface area contributed by atoms with E-state index in [2.05, 4.69) is 51.9 Å². The standard InChI is InChI=1S/C14H17N2/c1-3-10-15(11-4-1)14-9-6-8-13-7-2-5-12-16(13)14/h2,5-9,12H,1,3-4,10-11H2/q+1. The maximum Gasteiger partial charge on any atom is 0.281 e. The van der Waals surface area contributed by atoms with Crippen molar-refractivity contribution in [3.05, 3.63) is 42.6 Å². The van der Waals surface area contributed by atoms with Crippen LogP contribution in [0.25, 0.3) is 5.52 Å². The Hall–Kier alpha value is -1.57. The van der Waals surface area contributed by atoms with E-state index in [9.17, 15) is 0 Å². The summed E-state index contributed by atoms with van der Waals surface area (Å²) in [5, 5.41) is 0. The normalized spacial score (nSPS) is 16.6. The second-order valence-corrected chi connectivity index (χ2v) is 4.43. The van der Waals surface area contributed by atoms with Crippen molar-refractivity contribution in [1.82, 2.24) is 0 Å². The number of aromatic nitrogens is 1. The largest absolute Gasteiger partial charge is 0.281 e. The third-order valence-corrected chi connectivity index (χ3v) is 3.33. The highest BCUT2D eigenvalue weighted by Crippen LogP contribution is 2.16. The second kappa shape index (κ2) is 4.12. The van der Waals surface area contributed by atoms with Crippen LogP contribution >= 0.6 is 0 Å². The first-order chi connectivity index (χ1) is 7.95. The molecule has 3 rings (SSSR count). The first-order valence-electron chi connectivity index (χ1n) is 6.09. The Kier molecular flexibility index (Phi) is 2.49. The predicted molar refractivity (Wildman–Crippen MR) is 65.7 cm³/mol. The Morgan fingerprint density at radius 3 is 2.56 bits per heavy atom. The van der Waals surface area contributed by atoms with Gasteiger partial charge in [0.15, 0.2) is 0 Å². The van der Waals surface area contributed by atoms with Crippen LogP contribution in [0.4, 0.5) is 5.82 Å². The highest BCUT2D eigenvalue weighted by atomic mass is 15.2. The molecule has 2 nitrogen and oxygen atoms in total. The van der Waals surface area contributed by atoms with Crippen LogP contribution in [0, 0.1) is 0 Å². The zero-order valence-electron chi connectivity index (χ0n) is 9.47. The lowest BCUT2D eigenvalue weighted by molar-refractivity contribution is -0.498. The first-order valence-corrected chi connectivity index (χ1v) is 6.09. The molecular weight excluding hydrogens is 196 g/mol. The summed E-state index contributed by atoms with van der Waals surface area (Å²) < 4.78 is 2.28. The van der Waals surface area contributed by atoms with Crippen molar-refractivity contribution in [3.8, 4) is 0 Å². The van der Waals surface area contributed by atoms with Crippen molar-refractivity contribution in [3.63, 3.8) is 0 Å². The summed E-state index contributed by atoms with van der Waals surface area (Å²) in [6.45, 7) is 2.39. The van der Waals surface area contributed by atoms with Gasteiger partial charge in [0.05, 0.1) is 19.3 Å². The lowest BCUT2D eigenvalue weighted by Crippen LogP contribution is -2.38. The smallest absolute Gasteiger partial charge is 0.261 e. The maximum atomic E-state index is 2.50. The van der Waals surface area contributed by atoms with Crippen LogP contribution in [-0.2, 0) is 0 Å². The summed E-state index contributed by atoms with van der Waals surface area (Å²) in [5.74, 6) is 1.33. The minimum atomic E-state index is 1.20. The summed E-state index contributed by atoms with van der Waals surface area (Å²) in [6, 6.07) is 12.9. The van der Waals surface area contributed by atoms with E-state index in [4.69, 9.17) is 0 Å². The molecule has 1 saturated heterocycles. The molecule has 1 fully saturated rings. The van der Waals surface area contributed by atoms with Gasteiger partial charge in [0.1, 0.15) is 5.52 Å². The van der Waals surface area contributed by atoms with Crippen LogP contribution in [0.3, 0.4) is 0 Å². The summed E-state index contributed by atoms with van der Waals surface area (Å²) in [7, 11) is 0. The van der Waals surface area contributed by atoms with Gasteiger partial charge in [-0.2, -0.15) is 0 Å². The zero-order chi connectivity index (χ0) is 10.8. The van der Waals surface area contributed by atoms with Gasteiger partial charge < -0.3 is 0 Å². The number of piperidine rings is 1. The Bertz CT molecular complexity index is 482. The molecule has 0 aromatic carbocycles. The molecule has 2 aromatic rings. The molecule has 0 spiro atoms.